The number of hydrogen-bond donors (Lipinski definition) is 6. The van der Waals surface area contributed by atoms with Crippen molar-refractivity contribution in [3.8, 4) is 0 Å². The minimum atomic E-state index is -0.0924. The highest BCUT2D eigenvalue weighted by Gasteiger charge is 2.27. The molecule has 0 aromatic rings. The summed E-state index contributed by atoms with van der Waals surface area (Å²) in [6.45, 7) is 1.98. The van der Waals surface area contributed by atoms with E-state index in [4.69, 9.17) is 11.5 Å². The van der Waals surface area contributed by atoms with Crippen molar-refractivity contribution in [1.82, 2.24) is 21.3 Å². The van der Waals surface area contributed by atoms with Crippen molar-refractivity contribution in [2.75, 3.05) is 26.2 Å². The molecule has 0 heterocycles. The van der Waals surface area contributed by atoms with Gasteiger partial charge in [-0.1, -0.05) is 0 Å². The van der Waals surface area contributed by atoms with Crippen LogP contribution < -0.4 is 32.7 Å². The number of hydrogen-bond acceptors (Lipinski definition) is 4. The third kappa shape index (κ3) is 8.34. The van der Waals surface area contributed by atoms with Gasteiger partial charge in [0.05, 0.1) is 0 Å². The van der Waals surface area contributed by atoms with E-state index in [-0.39, 0.29) is 12.1 Å². The standard InChI is InChI=1S/C19H38N6O2/c20-9-11-22-18(26)24-16-5-1-14(2-6-16)13-15-3-7-17(8-4-15)25-19(27)23-12-10-21/h14-17H,1-13,20-21H2,(H2,22,24,26)(H2,23,25,27). The second kappa shape index (κ2) is 12.0. The summed E-state index contributed by atoms with van der Waals surface area (Å²) in [6.07, 6.45) is 10.3. The molecule has 0 aliphatic heterocycles. The van der Waals surface area contributed by atoms with Gasteiger partial charge in [0.15, 0.2) is 0 Å². The van der Waals surface area contributed by atoms with Gasteiger partial charge >= 0.3 is 12.1 Å². The summed E-state index contributed by atoms with van der Waals surface area (Å²) < 4.78 is 0. The van der Waals surface area contributed by atoms with Crippen molar-refractivity contribution in [2.24, 2.45) is 23.3 Å². The quantitative estimate of drug-likeness (QED) is 0.373. The van der Waals surface area contributed by atoms with Crippen LogP contribution in [0.15, 0.2) is 0 Å². The summed E-state index contributed by atoms with van der Waals surface area (Å²) in [7, 11) is 0. The topological polar surface area (TPSA) is 134 Å². The fourth-order valence-corrected chi connectivity index (χ4v) is 4.40. The fraction of sp³-hybridized carbons (Fsp3) is 0.895. The molecule has 156 valence electrons. The maximum absolute atomic E-state index is 11.7. The number of rotatable bonds is 8. The average Bonchev–Trinajstić information content (AvgIpc) is 2.68. The summed E-state index contributed by atoms with van der Waals surface area (Å²) in [4.78, 5) is 23.4. The molecule has 0 bridgehead atoms. The van der Waals surface area contributed by atoms with Gasteiger partial charge in [-0.05, 0) is 69.6 Å². The first-order valence-corrected chi connectivity index (χ1v) is 10.6. The number of nitrogens with one attached hydrogen (secondary N) is 4. The largest absolute Gasteiger partial charge is 0.337 e. The maximum atomic E-state index is 11.7. The molecular formula is C19H38N6O2. The lowest BCUT2D eigenvalue weighted by molar-refractivity contribution is 0.198. The van der Waals surface area contributed by atoms with Crippen LogP contribution in [0.2, 0.25) is 0 Å². The van der Waals surface area contributed by atoms with Gasteiger partial charge in [-0.25, -0.2) is 9.59 Å². The van der Waals surface area contributed by atoms with Crippen LogP contribution in [0.4, 0.5) is 9.59 Å². The number of nitrogens with two attached hydrogens (primary N) is 2. The minimum Gasteiger partial charge on any atom is -0.337 e. The van der Waals surface area contributed by atoms with E-state index < -0.39 is 0 Å². The molecular weight excluding hydrogens is 344 g/mol. The molecule has 0 atom stereocenters. The Kier molecular flexibility index (Phi) is 9.69. The number of carbonyl (C=O) groups is 2. The summed E-state index contributed by atoms with van der Waals surface area (Å²) in [5, 5.41) is 11.7. The van der Waals surface area contributed by atoms with E-state index in [2.05, 4.69) is 21.3 Å². The second-order valence-corrected chi connectivity index (χ2v) is 8.05. The maximum Gasteiger partial charge on any atom is 0.315 e. The molecule has 8 heteroatoms. The summed E-state index contributed by atoms with van der Waals surface area (Å²) in [6, 6.07) is 0.410. The van der Waals surface area contributed by atoms with Gasteiger partial charge in [0.1, 0.15) is 0 Å². The molecule has 2 aliphatic carbocycles. The van der Waals surface area contributed by atoms with Gasteiger partial charge in [0, 0.05) is 38.3 Å². The molecule has 2 rings (SSSR count). The molecule has 0 spiro atoms. The SMILES string of the molecule is NCCNC(=O)NC1CCC(CC2CCC(NC(=O)NCCN)CC2)CC1. The van der Waals surface area contributed by atoms with Crippen LogP contribution in [0.25, 0.3) is 0 Å². The van der Waals surface area contributed by atoms with Crippen molar-refractivity contribution in [3.63, 3.8) is 0 Å². The first-order chi connectivity index (χ1) is 13.1. The van der Waals surface area contributed by atoms with Crippen LogP contribution in [0.3, 0.4) is 0 Å². The Morgan fingerprint density at radius 3 is 1.37 bits per heavy atom. The van der Waals surface area contributed by atoms with Crippen LogP contribution in [0.5, 0.6) is 0 Å². The molecule has 8 nitrogen and oxygen atoms in total. The number of urea groups is 2. The zero-order valence-corrected chi connectivity index (χ0v) is 16.5. The highest BCUT2D eigenvalue weighted by Crippen LogP contribution is 2.35. The molecule has 0 unspecified atom stereocenters. The van der Waals surface area contributed by atoms with Gasteiger partial charge in [0.2, 0.25) is 0 Å². The molecule has 8 N–H and O–H groups in total. The van der Waals surface area contributed by atoms with E-state index in [9.17, 15) is 9.59 Å². The Bertz CT molecular complexity index is 405. The zero-order valence-electron chi connectivity index (χ0n) is 16.5. The molecule has 2 aliphatic rings. The Hall–Kier alpha value is -1.54. The van der Waals surface area contributed by atoms with E-state index in [0.29, 0.717) is 38.3 Å². The lowest BCUT2D eigenvalue weighted by Crippen LogP contribution is -2.45. The van der Waals surface area contributed by atoms with E-state index in [1.165, 1.54) is 32.1 Å². The highest BCUT2D eigenvalue weighted by atomic mass is 16.2. The van der Waals surface area contributed by atoms with Crippen LogP contribution in [0, 0.1) is 11.8 Å². The van der Waals surface area contributed by atoms with Crippen LogP contribution in [-0.2, 0) is 0 Å². The van der Waals surface area contributed by atoms with Crippen molar-refractivity contribution in [3.05, 3.63) is 0 Å². The van der Waals surface area contributed by atoms with E-state index in [1.54, 1.807) is 0 Å². The molecule has 4 amide bonds. The Balaban J connectivity index is 1.57. The third-order valence-electron chi connectivity index (χ3n) is 5.89. The molecule has 0 saturated heterocycles. The van der Waals surface area contributed by atoms with E-state index in [0.717, 1.165) is 37.5 Å². The normalized spacial score (nSPS) is 28.2. The predicted molar refractivity (Wildman–Crippen MR) is 107 cm³/mol. The Morgan fingerprint density at radius 2 is 1.04 bits per heavy atom. The van der Waals surface area contributed by atoms with Gasteiger partial charge in [-0.15, -0.1) is 0 Å². The van der Waals surface area contributed by atoms with E-state index in [1.807, 2.05) is 0 Å². The van der Waals surface area contributed by atoms with Gasteiger partial charge in [-0.3, -0.25) is 0 Å². The Labute approximate surface area is 162 Å². The summed E-state index contributed by atoms with van der Waals surface area (Å²) in [5.41, 5.74) is 10.8. The van der Waals surface area contributed by atoms with Gasteiger partial charge in [0.25, 0.3) is 0 Å². The summed E-state index contributed by atoms with van der Waals surface area (Å²) in [5.74, 6) is 1.55. The summed E-state index contributed by atoms with van der Waals surface area (Å²) >= 11 is 0. The molecule has 0 aromatic heterocycles. The minimum absolute atomic E-state index is 0.0924. The number of carbonyl (C=O) groups excluding carboxylic acids is 2. The third-order valence-corrected chi connectivity index (χ3v) is 5.89. The lowest BCUT2D eigenvalue weighted by Gasteiger charge is -2.34. The van der Waals surface area contributed by atoms with Gasteiger partial charge < -0.3 is 32.7 Å². The fourth-order valence-electron chi connectivity index (χ4n) is 4.40. The van der Waals surface area contributed by atoms with Gasteiger partial charge in [-0.2, -0.15) is 0 Å². The van der Waals surface area contributed by atoms with E-state index >= 15 is 0 Å². The van der Waals surface area contributed by atoms with Crippen LogP contribution in [0.1, 0.15) is 57.8 Å². The monoisotopic (exact) mass is 382 g/mol. The zero-order chi connectivity index (χ0) is 19.5. The van der Waals surface area contributed by atoms with Crippen molar-refractivity contribution in [2.45, 2.75) is 69.9 Å². The van der Waals surface area contributed by atoms with Crippen LogP contribution >= 0.6 is 0 Å². The molecule has 0 aromatic carbocycles. The molecule has 2 fully saturated rings. The highest BCUT2D eigenvalue weighted by molar-refractivity contribution is 5.74. The first kappa shape index (κ1) is 21.8. The number of amides is 4. The molecule has 27 heavy (non-hydrogen) atoms. The first-order valence-electron chi connectivity index (χ1n) is 10.6. The average molecular weight is 383 g/mol. The molecule has 2 saturated carbocycles. The van der Waals surface area contributed by atoms with Crippen molar-refractivity contribution >= 4 is 12.1 Å². The molecule has 0 radical (unpaired) electrons. The smallest absolute Gasteiger partial charge is 0.315 e. The lowest BCUT2D eigenvalue weighted by atomic mass is 9.75. The second-order valence-electron chi connectivity index (χ2n) is 8.05. The van der Waals surface area contributed by atoms with Crippen molar-refractivity contribution < 1.29 is 9.59 Å². The predicted octanol–water partition coefficient (Wildman–Crippen LogP) is 1.01. The van der Waals surface area contributed by atoms with Crippen LogP contribution in [-0.4, -0.2) is 50.3 Å². The Morgan fingerprint density at radius 1 is 0.667 bits per heavy atom. The van der Waals surface area contributed by atoms with Crippen molar-refractivity contribution in [1.29, 1.82) is 0 Å².